The summed E-state index contributed by atoms with van der Waals surface area (Å²) in [5, 5.41) is 8.79. The minimum absolute atomic E-state index is 0. The molecule has 0 saturated heterocycles. The zero-order valence-electron chi connectivity index (χ0n) is 29.1. The van der Waals surface area contributed by atoms with Crippen molar-refractivity contribution in [1.29, 1.82) is 0 Å². The lowest BCUT2D eigenvalue weighted by Gasteiger charge is -1.98. The van der Waals surface area contributed by atoms with E-state index in [1.165, 1.54) is 47.9 Å². The van der Waals surface area contributed by atoms with Crippen molar-refractivity contribution in [3.8, 4) is 0 Å². The lowest BCUT2D eigenvalue weighted by molar-refractivity contribution is 0.565. The normalized spacial score (nSPS) is 9.02. The van der Waals surface area contributed by atoms with E-state index >= 15 is 0 Å². The van der Waals surface area contributed by atoms with Crippen LogP contribution in [0.2, 0.25) is 0 Å². The fraction of sp³-hybridized carbons (Fsp3) is 0.200. The topological polar surface area (TPSA) is 78.7 Å². The fourth-order valence-electron chi connectivity index (χ4n) is 3.41. The van der Waals surface area contributed by atoms with E-state index in [0.717, 1.165) is 0 Å². The van der Waals surface area contributed by atoms with E-state index in [1.807, 2.05) is 74.0 Å². The molecule has 0 N–H and O–H groups in total. The number of thiazole rings is 1. The van der Waals surface area contributed by atoms with Gasteiger partial charge in [-0.25, -0.2) is 4.98 Å². The van der Waals surface area contributed by atoms with E-state index in [1.54, 1.807) is 78.4 Å². The van der Waals surface area contributed by atoms with Crippen LogP contribution in [0.3, 0.4) is 0 Å². The maximum Gasteiger partial charge on any atom is 0.250 e. The molecule has 50 heavy (non-hydrogen) atoms. The molecular formula is C40H49N5O2S3. The molecule has 0 bridgehead atoms. The summed E-state index contributed by atoms with van der Waals surface area (Å²) in [7, 11) is 3.66. The molecule has 0 aliphatic carbocycles. The van der Waals surface area contributed by atoms with E-state index in [0.29, 0.717) is 0 Å². The molecule has 0 saturated carbocycles. The third-order valence-electron chi connectivity index (χ3n) is 6.06. The van der Waals surface area contributed by atoms with E-state index in [4.69, 9.17) is 4.42 Å². The van der Waals surface area contributed by atoms with Crippen LogP contribution in [-0.2, 0) is 14.1 Å². The molecule has 8 rings (SSSR count). The van der Waals surface area contributed by atoms with Gasteiger partial charge in [-0.2, -0.15) is 11.3 Å². The average Bonchev–Trinajstić information content (AvgIpc) is 3.96. The minimum Gasteiger partial charge on any atom is -0.472 e. The second-order valence-corrected chi connectivity index (χ2v) is 13.5. The quantitative estimate of drug-likeness (QED) is 0.155. The number of imidazole rings is 1. The Morgan fingerprint density at radius 2 is 1.48 bits per heavy atom. The molecule has 7 nitrogen and oxygen atoms in total. The Bertz CT molecular complexity index is 1760. The molecule has 0 radical (unpaired) electrons. The van der Waals surface area contributed by atoms with Gasteiger partial charge < -0.3 is 13.6 Å². The molecule has 7 aromatic heterocycles. The largest absolute Gasteiger partial charge is 0.472 e. The third-order valence-corrected chi connectivity index (χ3v) is 8.36. The Kier molecular flexibility index (Phi) is 22.4. The number of hydrogen-bond acceptors (Lipinski definition) is 8. The summed E-state index contributed by atoms with van der Waals surface area (Å²) < 4.78 is 8.13. The van der Waals surface area contributed by atoms with Crippen molar-refractivity contribution >= 4 is 44.8 Å². The second-order valence-electron chi connectivity index (χ2n) is 10.5. The van der Waals surface area contributed by atoms with Crippen molar-refractivity contribution in [2.45, 2.75) is 42.0 Å². The second kappa shape index (κ2) is 26.0. The Balaban J connectivity index is 0.000000295. The zero-order chi connectivity index (χ0) is 35.7. The van der Waals surface area contributed by atoms with Gasteiger partial charge in [0.2, 0.25) is 5.56 Å². The van der Waals surface area contributed by atoms with Gasteiger partial charge in [0.05, 0.1) is 24.4 Å². The molecule has 0 fully saturated rings. The average molecular weight is 728 g/mol. The number of rotatable bonds is 0. The van der Waals surface area contributed by atoms with Crippen molar-refractivity contribution in [3.63, 3.8) is 0 Å². The molecule has 0 aliphatic heterocycles. The van der Waals surface area contributed by atoms with Crippen molar-refractivity contribution in [2.75, 3.05) is 0 Å². The SMILES string of the molecule is C.Cc1cccs1.Cc1ccoc1.Cc1ccsc1.Cc1cncc2ccccc12.Cc1cncs1.Cn1ccccc1=O.Cn1ccnc1. The van der Waals surface area contributed by atoms with Crippen molar-refractivity contribution in [2.24, 2.45) is 14.1 Å². The molecule has 0 amide bonds. The van der Waals surface area contributed by atoms with Gasteiger partial charge >= 0.3 is 0 Å². The summed E-state index contributed by atoms with van der Waals surface area (Å²) in [6, 6.07) is 21.5. The zero-order valence-corrected chi connectivity index (χ0v) is 31.6. The summed E-state index contributed by atoms with van der Waals surface area (Å²) in [6.07, 6.45) is 16.1. The highest BCUT2D eigenvalue weighted by atomic mass is 32.1. The van der Waals surface area contributed by atoms with Crippen LogP contribution in [0.5, 0.6) is 0 Å². The van der Waals surface area contributed by atoms with Crippen LogP contribution >= 0.6 is 34.0 Å². The lowest BCUT2D eigenvalue weighted by Crippen LogP contribution is -2.12. The number of aryl methyl sites for hydroxylation is 7. The fourth-order valence-corrected chi connectivity index (χ4v) is 5.01. The number of benzene rings is 1. The van der Waals surface area contributed by atoms with Crippen LogP contribution in [0.25, 0.3) is 10.8 Å². The lowest BCUT2D eigenvalue weighted by atomic mass is 10.1. The first kappa shape index (κ1) is 43.1. The van der Waals surface area contributed by atoms with Gasteiger partial charge in [-0.15, -0.1) is 22.7 Å². The minimum atomic E-state index is 0. The van der Waals surface area contributed by atoms with Crippen molar-refractivity contribution in [3.05, 3.63) is 181 Å². The number of aromatic nitrogens is 5. The summed E-state index contributed by atoms with van der Waals surface area (Å²) in [4.78, 5) is 25.0. The summed E-state index contributed by atoms with van der Waals surface area (Å²) in [5.41, 5.74) is 5.64. The van der Waals surface area contributed by atoms with Crippen LogP contribution in [0.1, 0.15) is 33.9 Å². The predicted octanol–water partition coefficient (Wildman–Crippen LogP) is 11.1. The number of furan rings is 1. The molecule has 7 heterocycles. The van der Waals surface area contributed by atoms with E-state index in [9.17, 15) is 4.79 Å². The predicted molar refractivity (Wildman–Crippen MR) is 217 cm³/mol. The standard InChI is InChI=1S/C10H9N.C6H7NO.C5H6O.2C5H6S.C4H6N2.C4H5NS.CH4/c1-8-6-11-7-9-4-2-3-5-10(8)9;1-7-5-3-2-4-6(7)8;2*1-5-2-3-6-4-5;1-5-3-2-4-6-5;1-6-3-2-5-4-6;1-4-2-5-3-6-4;/h2-7H,1H3;2-5H,1H3;4*2-4H,1H3;2-3H,1H3;1H4. The summed E-state index contributed by atoms with van der Waals surface area (Å²) >= 11 is 5.18. The van der Waals surface area contributed by atoms with Gasteiger partial charge in [0.15, 0.2) is 0 Å². The number of fused-ring (bicyclic) bond motifs is 1. The van der Waals surface area contributed by atoms with E-state index < -0.39 is 0 Å². The molecule has 264 valence electrons. The highest BCUT2D eigenvalue weighted by molar-refractivity contribution is 7.10. The summed E-state index contributed by atoms with van der Waals surface area (Å²) in [5.74, 6) is 0. The van der Waals surface area contributed by atoms with E-state index in [2.05, 4.69) is 88.3 Å². The molecule has 8 aromatic rings. The summed E-state index contributed by atoms with van der Waals surface area (Å²) in [6.45, 7) is 10.3. The van der Waals surface area contributed by atoms with Crippen LogP contribution in [0.15, 0.2) is 154 Å². The monoisotopic (exact) mass is 727 g/mol. The Morgan fingerprint density at radius 3 is 1.82 bits per heavy atom. The van der Waals surface area contributed by atoms with Crippen LogP contribution < -0.4 is 5.56 Å². The van der Waals surface area contributed by atoms with Gasteiger partial charge in [-0.3, -0.25) is 14.8 Å². The number of nitrogens with zero attached hydrogens (tertiary/aromatic N) is 5. The van der Waals surface area contributed by atoms with Crippen molar-refractivity contribution < 1.29 is 4.42 Å². The molecule has 0 spiro atoms. The molecule has 10 heteroatoms. The number of thiophene rings is 2. The van der Waals surface area contributed by atoms with Crippen LogP contribution in [0, 0.1) is 34.6 Å². The Morgan fingerprint density at radius 1 is 0.700 bits per heavy atom. The number of pyridine rings is 2. The molecule has 0 atom stereocenters. The first-order valence-electron chi connectivity index (χ1n) is 15.3. The van der Waals surface area contributed by atoms with Gasteiger partial charge in [-0.05, 0) is 97.1 Å². The first-order chi connectivity index (χ1) is 23.7. The maximum absolute atomic E-state index is 10.6. The van der Waals surface area contributed by atoms with Crippen molar-refractivity contribution in [1.82, 2.24) is 24.1 Å². The highest BCUT2D eigenvalue weighted by Gasteiger charge is 1.93. The maximum atomic E-state index is 10.6. The van der Waals surface area contributed by atoms with Gasteiger partial charge in [0, 0.05) is 72.5 Å². The smallest absolute Gasteiger partial charge is 0.250 e. The molecule has 1 aromatic carbocycles. The van der Waals surface area contributed by atoms with E-state index in [-0.39, 0.29) is 13.0 Å². The van der Waals surface area contributed by atoms with Gasteiger partial charge in [0.1, 0.15) is 0 Å². The van der Waals surface area contributed by atoms with Gasteiger partial charge in [0.25, 0.3) is 0 Å². The van der Waals surface area contributed by atoms with Crippen LogP contribution in [0.4, 0.5) is 0 Å². The molecule has 0 aliphatic rings. The molecule has 0 unspecified atom stereocenters. The van der Waals surface area contributed by atoms with Gasteiger partial charge in [-0.1, -0.05) is 43.8 Å². The Labute approximate surface area is 309 Å². The van der Waals surface area contributed by atoms with Crippen LogP contribution in [-0.4, -0.2) is 24.1 Å². The number of hydrogen-bond donors (Lipinski definition) is 0. The third kappa shape index (κ3) is 19.8. The highest BCUT2D eigenvalue weighted by Crippen LogP contribution is 2.15. The first-order valence-corrected chi connectivity index (χ1v) is 18.0. The Hall–Kier alpha value is -4.90. The molecular weight excluding hydrogens is 679 g/mol.